The molecule has 5 nitrogen and oxygen atoms in total. The minimum atomic E-state index is -0.819. The van der Waals surface area contributed by atoms with Gasteiger partial charge >= 0.3 is 0 Å². The Kier molecular flexibility index (Phi) is 5.30. The molecule has 2 atom stereocenters. The molecule has 5 heteroatoms. The van der Waals surface area contributed by atoms with Crippen LogP contribution in [0.2, 0.25) is 0 Å². The van der Waals surface area contributed by atoms with E-state index in [1.54, 1.807) is 14.2 Å². The molecule has 2 heterocycles. The van der Waals surface area contributed by atoms with Crippen LogP contribution in [0.1, 0.15) is 36.1 Å². The molecule has 150 valence electrons. The highest BCUT2D eigenvalue weighted by Crippen LogP contribution is 2.49. The fraction of sp³-hybridized carbons (Fsp3) is 0.522. The van der Waals surface area contributed by atoms with Gasteiger partial charge < -0.3 is 14.6 Å². The summed E-state index contributed by atoms with van der Waals surface area (Å²) >= 11 is 0. The van der Waals surface area contributed by atoms with Gasteiger partial charge in [-0.15, -0.1) is 0 Å². The van der Waals surface area contributed by atoms with Crippen molar-refractivity contribution in [3.8, 4) is 11.5 Å². The summed E-state index contributed by atoms with van der Waals surface area (Å²) in [4.78, 5) is 7.06. The molecule has 2 aromatic rings. The number of likely N-dealkylation sites (tertiary alicyclic amines) is 1. The van der Waals surface area contributed by atoms with Gasteiger partial charge in [0.15, 0.2) is 11.5 Å². The first-order chi connectivity index (χ1) is 13.6. The highest BCUT2D eigenvalue weighted by atomic mass is 16.5. The number of aromatic nitrogens is 1. The molecular formula is C23H30N2O3. The number of nitrogens with zero attached hydrogens (tertiary/aromatic N) is 2. The Hall–Kier alpha value is -2.11. The van der Waals surface area contributed by atoms with E-state index >= 15 is 0 Å². The van der Waals surface area contributed by atoms with Gasteiger partial charge in [0.25, 0.3) is 0 Å². The first-order valence-electron chi connectivity index (χ1n) is 10.1. The van der Waals surface area contributed by atoms with Crippen LogP contribution in [0.15, 0.2) is 36.5 Å². The number of rotatable bonds is 5. The number of fused-ring (bicyclic) bond motifs is 2. The van der Waals surface area contributed by atoms with Crippen LogP contribution in [-0.4, -0.2) is 42.3 Å². The van der Waals surface area contributed by atoms with Gasteiger partial charge in [-0.2, -0.15) is 0 Å². The van der Waals surface area contributed by atoms with Crippen molar-refractivity contribution in [1.29, 1.82) is 0 Å². The maximum atomic E-state index is 11.7. The molecule has 1 aromatic heterocycles. The molecule has 1 saturated carbocycles. The molecule has 1 aliphatic heterocycles. The molecule has 4 rings (SSSR count). The van der Waals surface area contributed by atoms with Crippen molar-refractivity contribution in [3.63, 3.8) is 0 Å². The highest BCUT2D eigenvalue weighted by Gasteiger charge is 2.52. The Morgan fingerprint density at radius 1 is 1.11 bits per heavy atom. The maximum absolute atomic E-state index is 11.7. The van der Waals surface area contributed by atoms with Gasteiger partial charge in [-0.25, -0.2) is 0 Å². The maximum Gasteiger partial charge on any atom is 0.165 e. The number of pyridine rings is 1. The Morgan fingerprint density at radius 2 is 1.86 bits per heavy atom. The van der Waals surface area contributed by atoms with Crippen molar-refractivity contribution in [1.82, 2.24) is 9.88 Å². The summed E-state index contributed by atoms with van der Waals surface area (Å²) in [5, 5.41) is 11.7. The summed E-state index contributed by atoms with van der Waals surface area (Å²) in [6, 6.07) is 10.1. The molecule has 1 aromatic carbocycles. The van der Waals surface area contributed by atoms with Gasteiger partial charge in [-0.1, -0.05) is 24.6 Å². The molecule has 0 amide bonds. The summed E-state index contributed by atoms with van der Waals surface area (Å²) in [7, 11) is 3.36. The highest BCUT2D eigenvalue weighted by molar-refractivity contribution is 5.46. The Morgan fingerprint density at radius 3 is 2.46 bits per heavy atom. The number of aryl methyl sites for hydroxylation is 1. The van der Waals surface area contributed by atoms with E-state index in [1.165, 1.54) is 6.42 Å². The third-order valence-corrected chi connectivity index (χ3v) is 6.51. The van der Waals surface area contributed by atoms with E-state index in [4.69, 9.17) is 9.47 Å². The normalized spacial score (nSPS) is 27.4. The average molecular weight is 383 g/mol. The second kappa shape index (κ2) is 7.72. The first kappa shape index (κ1) is 19.2. The van der Waals surface area contributed by atoms with Crippen LogP contribution in [-0.2, 0) is 12.1 Å². The van der Waals surface area contributed by atoms with E-state index < -0.39 is 5.60 Å². The fourth-order valence-electron chi connectivity index (χ4n) is 5.11. The second-order valence-electron chi connectivity index (χ2n) is 8.22. The largest absolute Gasteiger partial charge is 0.493 e. The number of ether oxygens (including phenoxy) is 2. The Balaban J connectivity index is 1.58. The van der Waals surface area contributed by atoms with E-state index in [1.807, 2.05) is 31.3 Å². The molecule has 1 saturated heterocycles. The van der Waals surface area contributed by atoms with E-state index in [9.17, 15) is 5.11 Å². The van der Waals surface area contributed by atoms with Crippen LogP contribution >= 0.6 is 0 Å². The number of benzene rings is 1. The van der Waals surface area contributed by atoms with Crippen LogP contribution < -0.4 is 9.47 Å². The van der Waals surface area contributed by atoms with Crippen molar-refractivity contribution in [2.75, 3.05) is 27.3 Å². The van der Waals surface area contributed by atoms with Crippen molar-refractivity contribution in [3.05, 3.63) is 53.3 Å². The zero-order valence-corrected chi connectivity index (χ0v) is 17.0. The monoisotopic (exact) mass is 382 g/mol. The zero-order valence-electron chi connectivity index (χ0n) is 17.0. The lowest BCUT2D eigenvalue weighted by Gasteiger charge is -2.52. The quantitative estimate of drug-likeness (QED) is 0.857. The summed E-state index contributed by atoms with van der Waals surface area (Å²) in [5.41, 5.74) is 2.27. The molecule has 2 aliphatic rings. The Labute approximate surface area is 167 Å². The average Bonchev–Trinajstić information content (AvgIpc) is 2.69. The van der Waals surface area contributed by atoms with E-state index in [-0.39, 0.29) is 11.8 Å². The van der Waals surface area contributed by atoms with Gasteiger partial charge in [0.2, 0.25) is 0 Å². The number of para-hydroxylation sites is 1. The topological polar surface area (TPSA) is 54.8 Å². The molecule has 1 N–H and O–H groups in total. The standard InChI is InChI=1S/C23H30N2O3/c1-16-10-11-21(24-12-16)23(26)18-7-5-8-19(23)15-25(14-18)13-17-6-4-9-20(27-2)22(17)28-3/h4,6,9-12,18-19,26H,5,7-8,13-15H2,1-3H3. The first-order valence-corrected chi connectivity index (χ1v) is 10.1. The lowest BCUT2D eigenvalue weighted by Crippen LogP contribution is -2.58. The van der Waals surface area contributed by atoms with E-state index in [0.717, 1.165) is 60.8 Å². The van der Waals surface area contributed by atoms with Gasteiger partial charge in [0.1, 0.15) is 5.60 Å². The smallest absolute Gasteiger partial charge is 0.165 e. The molecule has 0 spiro atoms. The molecular weight excluding hydrogens is 352 g/mol. The van der Waals surface area contributed by atoms with Gasteiger partial charge in [0.05, 0.1) is 19.9 Å². The third-order valence-electron chi connectivity index (χ3n) is 6.51. The van der Waals surface area contributed by atoms with Crippen molar-refractivity contribution < 1.29 is 14.6 Å². The van der Waals surface area contributed by atoms with Crippen LogP contribution in [0.4, 0.5) is 0 Å². The fourth-order valence-corrected chi connectivity index (χ4v) is 5.11. The van der Waals surface area contributed by atoms with Crippen LogP contribution in [0, 0.1) is 18.8 Å². The van der Waals surface area contributed by atoms with Gasteiger partial charge in [0, 0.05) is 43.2 Å². The van der Waals surface area contributed by atoms with Crippen LogP contribution in [0.25, 0.3) is 0 Å². The molecule has 2 unspecified atom stereocenters. The molecule has 0 radical (unpaired) electrons. The number of piperidine rings is 1. The number of hydrogen-bond donors (Lipinski definition) is 1. The number of methoxy groups -OCH3 is 2. The summed E-state index contributed by atoms with van der Waals surface area (Å²) in [5.74, 6) is 1.97. The van der Waals surface area contributed by atoms with E-state index in [0.29, 0.717) is 0 Å². The number of aliphatic hydroxyl groups is 1. The molecule has 2 bridgehead atoms. The van der Waals surface area contributed by atoms with Crippen molar-refractivity contribution >= 4 is 0 Å². The summed E-state index contributed by atoms with van der Waals surface area (Å²) in [6.45, 7) is 4.56. The van der Waals surface area contributed by atoms with Gasteiger partial charge in [-0.3, -0.25) is 9.88 Å². The Bertz CT molecular complexity index is 807. The van der Waals surface area contributed by atoms with Crippen molar-refractivity contribution in [2.45, 2.75) is 38.3 Å². The van der Waals surface area contributed by atoms with Crippen LogP contribution in [0.5, 0.6) is 11.5 Å². The number of hydrogen-bond acceptors (Lipinski definition) is 5. The predicted molar refractivity (Wildman–Crippen MR) is 109 cm³/mol. The zero-order chi connectivity index (χ0) is 19.7. The van der Waals surface area contributed by atoms with Gasteiger partial charge in [-0.05, 0) is 37.5 Å². The van der Waals surface area contributed by atoms with E-state index in [2.05, 4.69) is 22.0 Å². The summed E-state index contributed by atoms with van der Waals surface area (Å²) in [6.07, 6.45) is 5.12. The minimum absolute atomic E-state index is 0.201. The van der Waals surface area contributed by atoms with Crippen molar-refractivity contribution in [2.24, 2.45) is 11.8 Å². The third kappa shape index (κ3) is 3.27. The molecule has 1 aliphatic carbocycles. The SMILES string of the molecule is COc1cccc(CN2CC3CCCC(C2)C3(O)c2ccc(C)cn2)c1OC. The lowest BCUT2D eigenvalue weighted by molar-refractivity contribution is -0.151. The minimum Gasteiger partial charge on any atom is -0.493 e. The van der Waals surface area contributed by atoms with Crippen LogP contribution in [0.3, 0.4) is 0 Å². The molecule has 28 heavy (non-hydrogen) atoms. The molecule has 2 fully saturated rings. The second-order valence-corrected chi connectivity index (χ2v) is 8.22. The lowest BCUT2D eigenvalue weighted by atomic mass is 9.64. The predicted octanol–water partition coefficient (Wildman–Crippen LogP) is 3.53. The summed E-state index contributed by atoms with van der Waals surface area (Å²) < 4.78 is 11.1.